The van der Waals surface area contributed by atoms with Gasteiger partial charge in [0.2, 0.25) is 0 Å². The average Bonchev–Trinajstić information content (AvgIpc) is 2.14. The van der Waals surface area contributed by atoms with Crippen molar-refractivity contribution in [2.45, 2.75) is 24.7 Å². The fourth-order valence-corrected chi connectivity index (χ4v) is 3.62. The Balaban J connectivity index is 2.71. The van der Waals surface area contributed by atoms with Crippen molar-refractivity contribution in [2.75, 3.05) is 20.0 Å². The van der Waals surface area contributed by atoms with Crippen LogP contribution in [-0.4, -0.2) is 35.7 Å². The van der Waals surface area contributed by atoms with Crippen molar-refractivity contribution in [2.24, 2.45) is 0 Å². The molecule has 1 aliphatic heterocycles. The molecule has 0 spiro atoms. The van der Waals surface area contributed by atoms with E-state index >= 15 is 0 Å². The summed E-state index contributed by atoms with van der Waals surface area (Å²) in [6, 6.07) is 0. The van der Waals surface area contributed by atoms with Crippen molar-refractivity contribution in [3.63, 3.8) is 0 Å². The zero-order chi connectivity index (χ0) is 8.65. The van der Waals surface area contributed by atoms with Crippen molar-refractivity contribution in [1.29, 1.82) is 0 Å². The molecular formula is C7H16NOPS. The predicted molar refractivity (Wildman–Crippen MR) is 53.1 cm³/mol. The van der Waals surface area contributed by atoms with Gasteiger partial charge in [0.15, 0.2) is 5.56 Å². The van der Waals surface area contributed by atoms with Gasteiger partial charge in [-0.15, -0.1) is 11.8 Å². The van der Waals surface area contributed by atoms with Gasteiger partial charge in [0.25, 0.3) is 0 Å². The van der Waals surface area contributed by atoms with Crippen molar-refractivity contribution in [3.05, 3.63) is 0 Å². The number of hydrogen-bond acceptors (Lipinski definition) is 3. The lowest BCUT2D eigenvalue weighted by Crippen LogP contribution is -2.37. The van der Waals surface area contributed by atoms with E-state index in [1.54, 1.807) is 11.8 Å². The summed E-state index contributed by atoms with van der Waals surface area (Å²) in [7, 11) is 1.84. The van der Waals surface area contributed by atoms with Crippen LogP contribution in [0.25, 0.3) is 0 Å². The van der Waals surface area contributed by atoms with Crippen molar-refractivity contribution >= 4 is 19.9 Å². The third-order valence-corrected chi connectivity index (χ3v) is 5.73. The van der Waals surface area contributed by atoms with Crippen LogP contribution < -0.4 is 0 Å². The Morgan fingerprint density at radius 3 is 2.27 bits per heavy atom. The standard InChI is InChI=1S/C7H16NOPS/c1-7(2)8(3)6(11-5)9-10(7)4/h6H,1-5H3. The smallest absolute Gasteiger partial charge is 0.162 e. The zero-order valence-corrected chi connectivity index (χ0v) is 9.50. The zero-order valence-electron chi connectivity index (χ0n) is 7.79. The molecule has 1 aliphatic rings. The first-order chi connectivity index (χ1) is 5.00. The number of thioether (sulfide) groups is 1. The quantitative estimate of drug-likeness (QED) is 0.593. The molecule has 0 aromatic rings. The molecule has 1 saturated heterocycles. The Kier molecular flexibility index (Phi) is 2.86. The Morgan fingerprint density at radius 1 is 1.55 bits per heavy atom. The number of hydrogen-bond donors (Lipinski definition) is 0. The maximum Gasteiger partial charge on any atom is 0.162 e. The van der Waals surface area contributed by atoms with E-state index < -0.39 is 0 Å². The normalized spacial score (nSPS) is 37.9. The lowest BCUT2D eigenvalue weighted by atomic mass is 10.3. The van der Waals surface area contributed by atoms with Crippen LogP contribution in [0.2, 0.25) is 0 Å². The van der Waals surface area contributed by atoms with Crippen LogP contribution in [0.5, 0.6) is 0 Å². The highest BCUT2D eigenvalue weighted by atomic mass is 32.2. The maximum absolute atomic E-state index is 5.79. The highest BCUT2D eigenvalue weighted by Gasteiger charge is 2.43. The minimum Gasteiger partial charge on any atom is -0.329 e. The first kappa shape index (κ1) is 9.79. The number of nitrogens with zero attached hydrogens (tertiary/aromatic N) is 1. The van der Waals surface area contributed by atoms with E-state index in [9.17, 15) is 0 Å². The van der Waals surface area contributed by atoms with Gasteiger partial charge >= 0.3 is 0 Å². The minimum absolute atomic E-state index is 0.239. The molecule has 4 heteroatoms. The molecule has 2 unspecified atom stereocenters. The SMILES string of the molecule is CSC1OP(C)C(C)(C)N1C. The van der Waals surface area contributed by atoms with Crippen LogP contribution in [0.4, 0.5) is 0 Å². The summed E-state index contributed by atoms with van der Waals surface area (Å²) < 4.78 is 5.79. The van der Waals surface area contributed by atoms with Gasteiger partial charge in [-0.3, -0.25) is 4.90 Å². The minimum atomic E-state index is -0.288. The van der Waals surface area contributed by atoms with Crippen LogP contribution in [0, 0.1) is 0 Å². The fraction of sp³-hybridized carbons (Fsp3) is 1.00. The summed E-state index contributed by atoms with van der Waals surface area (Å²) in [5.74, 6) is 0. The molecule has 0 aliphatic carbocycles. The second-order valence-corrected chi connectivity index (χ2v) is 6.43. The molecule has 11 heavy (non-hydrogen) atoms. The van der Waals surface area contributed by atoms with Crippen molar-refractivity contribution in [1.82, 2.24) is 4.90 Å². The first-order valence-corrected chi connectivity index (χ1v) is 6.66. The molecule has 1 fully saturated rings. The molecule has 0 radical (unpaired) electrons. The molecule has 0 aromatic carbocycles. The average molecular weight is 193 g/mol. The van der Waals surface area contributed by atoms with E-state index in [0.717, 1.165) is 0 Å². The summed E-state index contributed by atoms with van der Waals surface area (Å²) in [5, 5.41) is 0.239. The third-order valence-electron chi connectivity index (χ3n) is 2.40. The summed E-state index contributed by atoms with van der Waals surface area (Å²) in [4.78, 5) is 2.31. The highest BCUT2D eigenvalue weighted by molar-refractivity contribution is 7.99. The van der Waals surface area contributed by atoms with E-state index in [0.29, 0.717) is 0 Å². The molecule has 1 heterocycles. The molecule has 0 bridgehead atoms. The van der Waals surface area contributed by atoms with Gasteiger partial charge < -0.3 is 4.52 Å². The molecule has 1 rings (SSSR count). The van der Waals surface area contributed by atoms with Gasteiger partial charge in [-0.25, -0.2) is 0 Å². The summed E-state index contributed by atoms with van der Waals surface area (Å²) >= 11 is 1.77. The van der Waals surface area contributed by atoms with Gasteiger partial charge in [-0.2, -0.15) is 0 Å². The second-order valence-electron chi connectivity index (χ2n) is 3.25. The largest absolute Gasteiger partial charge is 0.329 e. The molecule has 0 saturated carbocycles. The van der Waals surface area contributed by atoms with Crippen molar-refractivity contribution < 1.29 is 4.52 Å². The summed E-state index contributed by atoms with van der Waals surface area (Å²) in [6.45, 7) is 6.69. The van der Waals surface area contributed by atoms with E-state index in [2.05, 4.69) is 38.7 Å². The van der Waals surface area contributed by atoms with Gasteiger partial charge in [0, 0.05) is 8.15 Å². The van der Waals surface area contributed by atoms with Gasteiger partial charge in [0.1, 0.15) is 0 Å². The van der Waals surface area contributed by atoms with Crippen LogP contribution >= 0.6 is 19.9 Å². The molecule has 66 valence electrons. The molecule has 2 nitrogen and oxygen atoms in total. The molecule has 0 aromatic heterocycles. The molecule has 0 amide bonds. The molecule has 2 atom stereocenters. The second kappa shape index (κ2) is 3.21. The molecule has 0 N–H and O–H groups in total. The van der Waals surface area contributed by atoms with Crippen LogP contribution in [-0.2, 0) is 4.52 Å². The number of rotatable bonds is 1. The third kappa shape index (κ3) is 1.57. The van der Waals surface area contributed by atoms with E-state index in [1.807, 2.05) is 0 Å². The predicted octanol–water partition coefficient (Wildman–Crippen LogP) is 2.36. The lowest BCUT2D eigenvalue weighted by Gasteiger charge is -2.29. The van der Waals surface area contributed by atoms with Crippen LogP contribution in [0.15, 0.2) is 0 Å². The maximum atomic E-state index is 5.79. The summed E-state index contributed by atoms with van der Waals surface area (Å²) in [5.41, 5.74) is 0.265. The van der Waals surface area contributed by atoms with E-state index in [1.165, 1.54) is 0 Å². The Morgan fingerprint density at radius 2 is 2.09 bits per heavy atom. The van der Waals surface area contributed by atoms with Crippen molar-refractivity contribution in [3.8, 4) is 0 Å². The lowest BCUT2D eigenvalue weighted by molar-refractivity contribution is 0.146. The Bertz CT molecular complexity index is 153. The van der Waals surface area contributed by atoms with Gasteiger partial charge in [0.05, 0.1) is 5.28 Å². The van der Waals surface area contributed by atoms with E-state index in [4.69, 9.17) is 4.52 Å². The van der Waals surface area contributed by atoms with Crippen LogP contribution in [0.3, 0.4) is 0 Å². The topological polar surface area (TPSA) is 12.5 Å². The first-order valence-electron chi connectivity index (χ1n) is 3.66. The molecular weight excluding hydrogens is 177 g/mol. The highest BCUT2D eigenvalue weighted by Crippen LogP contribution is 2.57. The van der Waals surface area contributed by atoms with E-state index in [-0.39, 0.29) is 19.0 Å². The Hall–Kier alpha value is 0.700. The summed E-state index contributed by atoms with van der Waals surface area (Å²) in [6.07, 6.45) is 2.09. The van der Waals surface area contributed by atoms with Gasteiger partial charge in [-0.05, 0) is 33.8 Å². The fourth-order valence-electron chi connectivity index (χ4n) is 1.02. The Labute approximate surface area is 74.5 Å². The van der Waals surface area contributed by atoms with Gasteiger partial charge in [-0.1, -0.05) is 0 Å². The monoisotopic (exact) mass is 193 g/mol. The van der Waals surface area contributed by atoms with Crippen LogP contribution in [0.1, 0.15) is 13.8 Å².